The summed E-state index contributed by atoms with van der Waals surface area (Å²) in [6, 6.07) is 8.37. The van der Waals surface area contributed by atoms with E-state index in [1.165, 1.54) is 5.56 Å². The van der Waals surface area contributed by atoms with Crippen molar-refractivity contribution in [2.75, 3.05) is 13.2 Å². The average molecular weight is 327 g/mol. The molecule has 1 aromatic carbocycles. The van der Waals surface area contributed by atoms with Crippen LogP contribution in [0.15, 0.2) is 24.3 Å². The lowest BCUT2D eigenvalue weighted by atomic mass is 9.86. The first-order chi connectivity index (χ1) is 9.81. The third-order valence-electron chi connectivity index (χ3n) is 4.11. The first kappa shape index (κ1) is 18.9. The van der Waals surface area contributed by atoms with Gasteiger partial charge in [0, 0.05) is 19.8 Å². The quantitative estimate of drug-likeness (QED) is 0.897. The second-order valence-electron chi connectivity index (χ2n) is 6.90. The first-order valence-corrected chi connectivity index (χ1v) is 7.56. The van der Waals surface area contributed by atoms with E-state index in [1.807, 2.05) is 0 Å². The first-order valence-electron chi connectivity index (χ1n) is 7.56. The van der Waals surface area contributed by atoms with E-state index in [2.05, 4.69) is 50.4 Å². The van der Waals surface area contributed by atoms with E-state index in [0.717, 1.165) is 5.56 Å². The van der Waals surface area contributed by atoms with Crippen LogP contribution in [0.5, 0.6) is 0 Å². The highest BCUT2D eigenvalue weighted by Crippen LogP contribution is 2.22. The molecule has 0 radical (unpaired) electrons. The molecule has 1 fully saturated rings. The minimum atomic E-state index is -0.774. The highest BCUT2D eigenvalue weighted by atomic mass is 35.5. The molecule has 5 heteroatoms. The van der Waals surface area contributed by atoms with Crippen LogP contribution in [0.25, 0.3) is 0 Å². The van der Waals surface area contributed by atoms with Crippen LogP contribution < -0.4 is 11.1 Å². The molecule has 0 bridgehead atoms. The van der Waals surface area contributed by atoms with Crippen molar-refractivity contribution in [2.24, 2.45) is 5.73 Å². The molecular formula is C17H27ClN2O2. The Kier molecular flexibility index (Phi) is 6.41. The molecule has 22 heavy (non-hydrogen) atoms. The third-order valence-corrected chi connectivity index (χ3v) is 4.11. The second-order valence-corrected chi connectivity index (χ2v) is 6.90. The molecule has 1 aromatic rings. The molecule has 2 rings (SSSR count). The number of hydrogen-bond donors (Lipinski definition) is 2. The van der Waals surface area contributed by atoms with E-state index in [4.69, 9.17) is 10.5 Å². The fraction of sp³-hybridized carbons (Fsp3) is 0.588. The van der Waals surface area contributed by atoms with Gasteiger partial charge in [0.25, 0.3) is 0 Å². The zero-order valence-electron chi connectivity index (χ0n) is 13.6. The van der Waals surface area contributed by atoms with Gasteiger partial charge in [-0.2, -0.15) is 0 Å². The monoisotopic (exact) mass is 326 g/mol. The van der Waals surface area contributed by atoms with Gasteiger partial charge in [-0.25, -0.2) is 0 Å². The predicted octanol–water partition coefficient (Wildman–Crippen LogP) is 2.53. The summed E-state index contributed by atoms with van der Waals surface area (Å²) in [5, 5.41) is 2.95. The van der Waals surface area contributed by atoms with Crippen LogP contribution in [0.3, 0.4) is 0 Å². The number of carbonyl (C=O) groups excluding carboxylic acids is 1. The van der Waals surface area contributed by atoms with E-state index < -0.39 is 5.54 Å². The summed E-state index contributed by atoms with van der Waals surface area (Å²) in [4.78, 5) is 12.2. The maximum absolute atomic E-state index is 12.2. The molecule has 0 saturated carbocycles. The van der Waals surface area contributed by atoms with Crippen molar-refractivity contribution < 1.29 is 9.53 Å². The Morgan fingerprint density at radius 1 is 1.23 bits per heavy atom. The molecule has 0 aliphatic carbocycles. The topological polar surface area (TPSA) is 64.4 Å². The van der Waals surface area contributed by atoms with Crippen molar-refractivity contribution in [1.82, 2.24) is 5.32 Å². The van der Waals surface area contributed by atoms with Crippen molar-refractivity contribution in [1.29, 1.82) is 0 Å². The van der Waals surface area contributed by atoms with E-state index in [0.29, 0.717) is 32.6 Å². The van der Waals surface area contributed by atoms with E-state index in [1.54, 1.807) is 0 Å². The lowest BCUT2D eigenvalue weighted by Gasteiger charge is -2.31. The van der Waals surface area contributed by atoms with Crippen molar-refractivity contribution in [3.63, 3.8) is 0 Å². The van der Waals surface area contributed by atoms with Crippen LogP contribution in [0.4, 0.5) is 0 Å². The zero-order chi connectivity index (χ0) is 15.5. The Morgan fingerprint density at radius 3 is 2.27 bits per heavy atom. The van der Waals surface area contributed by atoms with E-state index in [-0.39, 0.29) is 23.7 Å². The Labute approximate surface area is 139 Å². The molecule has 0 unspecified atom stereocenters. The third kappa shape index (κ3) is 4.70. The van der Waals surface area contributed by atoms with Gasteiger partial charge < -0.3 is 15.8 Å². The Morgan fingerprint density at radius 2 is 1.77 bits per heavy atom. The summed E-state index contributed by atoms with van der Waals surface area (Å²) >= 11 is 0. The van der Waals surface area contributed by atoms with Gasteiger partial charge >= 0.3 is 0 Å². The largest absolute Gasteiger partial charge is 0.381 e. The van der Waals surface area contributed by atoms with E-state index >= 15 is 0 Å². The number of benzene rings is 1. The van der Waals surface area contributed by atoms with Gasteiger partial charge in [-0.3, -0.25) is 4.79 Å². The number of hydrogen-bond acceptors (Lipinski definition) is 3. The predicted molar refractivity (Wildman–Crippen MR) is 91.2 cm³/mol. The molecule has 4 nitrogen and oxygen atoms in total. The fourth-order valence-electron chi connectivity index (χ4n) is 2.44. The lowest BCUT2D eigenvalue weighted by molar-refractivity contribution is -0.129. The normalized spacial score (nSPS) is 17.5. The Balaban J connectivity index is 0.00000242. The molecule has 1 aliphatic rings. The smallest absolute Gasteiger partial charge is 0.240 e. The molecule has 1 aliphatic heterocycles. The minimum absolute atomic E-state index is 0. The maximum Gasteiger partial charge on any atom is 0.240 e. The van der Waals surface area contributed by atoms with Crippen LogP contribution in [0.1, 0.15) is 44.7 Å². The Hall–Kier alpha value is -1.10. The van der Waals surface area contributed by atoms with Gasteiger partial charge in [0.2, 0.25) is 5.91 Å². The number of nitrogens with two attached hydrogens (primary N) is 1. The van der Waals surface area contributed by atoms with Crippen LogP contribution in [-0.2, 0) is 21.5 Å². The van der Waals surface area contributed by atoms with Crippen LogP contribution in [0.2, 0.25) is 0 Å². The minimum Gasteiger partial charge on any atom is -0.381 e. The summed E-state index contributed by atoms with van der Waals surface area (Å²) in [6.07, 6.45) is 1.17. The number of ether oxygens (including phenoxy) is 1. The number of amides is 1. The second kappa shape index (κ2) is 7.44. The molecule has 124 valence electrons. The standard InChI is InChI=1S/C17H26N2O2.ClH/c1-16(2,3)14-6-4-13(5-7-14)12-19-15(20)17(18)8-10-21-11-9-17;/h4-7H,8-12,18H2,1-3H3,(H,19,20);1H. The average Bonchev–Trinajstić information content (AvgIpc) is 2.45. The number of nitrogens with one attached hydrogen (secondary N) is 1. The highest BCUT2D eigenvalue weighted by molar-refractivity contribution is 5.86. The molecule has 1 amide bonds. The van der Waals surface area contributed by atoms with Gasteiger partial charge in [0.1, 0.15) is 0 Å². The zero-order valence-corrected chi connectivity index (χ0v) is 14.5. The van der Waals surface area contributed by atoms with Crippen LogP contribution in [0, 0.1) is 0 Å². The van der Waals surface area contributed by atoms with Crippen LogP contribution in [-0.4, -0.2) is 24.7 Å². The number of carbonyl (C=O) groups is 1. The van der Waals surface area contributed by atoms with Gasteiger partial charge in [-0.15, -0.1) is 12.4 Å². The van der Waals surface area contributed by atoms with Gasteiger partial charge in [-0.1, -0.05) is 45.0 Å². The number of halogens is 1. The number of rotatable bonds is 3. The van der Waals surface area contributed by atoms with Gasteiger partial charge in [0.05, 0.1) is 5.54 Å². The molecule has 1 heterocycles. The summed E-state index contributed by atoms with van der Waals surface area (Å²) in [5.74, 6) is -0.0781. The summed E-state index contributed by atoms with van der Waals surface area (Å²) in [7, 11) is 0. The molecule has 0 atom stereocenters. The molecular weight excluding hydrogens is 300 g/mol. The molecule has 0 spiro atoms. The lowest BCUT2D eigenvalue weighted by Crippen LogP contribution is -2.56. The van der Waals surface area contributed by atoms with Crippen molar-refractivity contribution in [2.45, 2.75) is 51.1 Å². The van der Waals surface area contributed by atoms with Gasteiger partial charge in [0.15, 0.2) is 0 Å². The highest BCUT2D eigenvalue weighted by Gasteiger charge is 2.35. The van der Waals surface area contributed by atoms with Crippen molar-refractivity contribution >= 4 is 18.3 Å². The van der Waals surface area contributed by atoms with Gasteiger partial charge in [-0.05, 0) is 29.4 Å². The maximum atomic E-state index is 12.2. The van der Waals surface area contributed by atoms with E-state index in [9.17, 15) is 4.79 Å². The van der Waals surface area contributed by atoms with Crippen LogP contribution >= 0.6 is 12.4 Å². The molecule has 3 N–H and O–H groups in total. The molecule has 0 aromatic heterocycles. The molecule has 1 saturated heterocycles. The Bertz CT molecular complexity index is 488. The SMILES string of the molecule is CC(C)(C)c1ccc(CNC(=O)C2(N)CCOCC2)cc1.Cl. The van der Waals surface area contributed by atoms with Crippen molar-refractivity contribution in [3.05, 3.63) is 35.4 Å². The summed E-state index contributed by atoms with van der Waals surface area (Å²) < 4.78 is 5.26. The summed E-state index contributed by atoms with van der Waals surface area (Å²) in [5.41, 5.74) is 7.90. The van der Waals surface area contributed by atoms with Crippen molar-refractivity contribution in [3.8, 4) is 0 Å². The summed E-state index contributed by atoms with van der Waals surface area (Å²) in [6.45, 7) is 8.20. The fourth-order valence-corrected chi connectivity index (χ4v) is 2.44.